The Morgan fingerprint density at radius 3 is 2.85 bits per heavy atom. The molecule has 1 atom stereocenters. The van der Waals surface area contributed by atoms with Gasteiger partial charge < -0.3 is 5.32 Å². The predicted octanol–water partition coefficient (Wildman–Crippen LogP) is 3.63. The van der Waals surface area contributed by atoms with Crippen LogP contribution in [-0.2, 0) is 0 Å². The summed E-state index contributed by atoms with van der Waals surface area (Å²) in [5, 5.41) is 6.11. The fourth-order valence-corrected chi connectivity index (χ4v) is 2.53. The van der Waals surface area contributed by atoms with E-state index in [9.17, 15) is 0 Å². The van der Waals surface area contributed by atoms with Gasteiger partial charge in [-0.25, -0.2) is 0 Å². The minimum absolute atomic E-state index is 0.310. The monoisotopic (exact) mass is 215 g/mol. The Hall–Kier alpha value is -0.310. The highest BCUT2D eigenvalue weighted by atomic mass is 35.5. The van der Waals surface area contributed by atoms with Gasteiger partial charge in [-0.2, -0.15) is 0 Å². The number of thiophene rings is 1. The fourth-order valence-electron chi connectivity index (χ4n) is 1.23. The van der Waals surface area contributed by atoms with Gasteiger partial charge in [-0.15, -0.1) is 17.9 Å². The quantitative estimate of drug-likeness (QED) is 0.757. The number of halogens is 1. The molecule has 1 unspecified atom stereocenters. The molecular weight excluding hydrogens is 202 g/mol. The summed E-state index contributed by atoms with van der Waals surface area (Å²) in [5.41, 5.74) is 1.17. The second-order valence-corrected chi connectivity index (χ2v) is 4.49. The molecule has 0 aliphatic heterocycles. The molecule has 1 aromatic rings. The lowest BCUT2D eigenvalue weighted by Crippen LogP contribution is -2.15. The SMILES string of the molecule is C=C(C)CC(NC)c1sccc1Cl. The number of hydrogen-bond acceptors (Lipinski definition) is 2. The van der Waals surface area contributed by atoms with Crippen LogP contribution in [0.25, 0.3) is 0 Å². The Morgan fingerprint density at radius 2 is 2.46 bits per heavy atom. The van der Waals surface area contributed by atoms with Crippen LogP contribution in [0, 0.1) is 0 Å². The van der Waals surface area contributed by atoms with E-state index in [4.69, 9.17) is 11.6 Å². The van der Waals surface area contributed by atoms with Crippen molar-refractivity contribution in [2.45, 2.75) is 19.4 Å². The first-order chi connectivity index (χ1) is 6.15. The maximum Gasteiger partial charge on any atom is 0.0561 e. The van der Waals surface area contributed by atoms with Crippen LogP contribution in [0.15, 0.2) is 23.6 Å². The van der Waals surface area contributed by atoms with Crippen molar-refractivity contribution < 1.29 is 0 Å². The van der Waals surface area contributed by atoms with Crippen LogP contribution >= 0.6 is 22.9 Å². The summed E-state index contributed by atoms with van der Waals surface area (Å²) in [6.07, 6.45) is 0.941. The Balaban J connectivity index is 2.78. The molecule has 1 nitrogen and oxygen atoms in total. The van der Waals surface area contributed by atoms with Crippen molar-refractivity contribution in [3.05, 3.63) is 33.5 Å². The van der Waals surface area contributed by atoms with Crippen molar-refractivity contribution in [2.24, 2.45) is 0 Å². The molecule has 0 amide bonds. The van der Waals surface area contributed by atoms with E-state index in [-0.39, 0.29) is 0 Å². The minimum Gasteiger partial charge on any atom is -0.312 e. The zero-order chi connectivity index (χ0) is 9.84. The van der Waals surface area contributed by atoms with Gasteiger partial charge in [0.1, 0.15) is 0 Å². The molecule has 0 radical (unpaired) electrons. The molecule has 0 aromatic carbocycles. The minimum atomic E-state index is 0.310. The summed E-state index contributed by atoms with van der Waals surface area (Å²) in [4.78, 5) is 1.20. The molecule has 72 valence electrons. The van der Waals surface area contributed by atoms with Crippen molar-refractivity contribution in [1.82, 2.24) is 5.32 Å². The molecule has 0 fully saturated rings. The van der Waals surface area contributed by atoms with E-state index in [1.54, 1.807) is 11.3 Å². The Kier molecular flexibility index (Phi) is 3.97. The summed E-state index contributed by atoms with van der Waals surface area (Å²) in [6.45, 7) is 5.94. The average molecular weight is 216 g/mol. The molecule has 1 N–H and O–H groups in total. The van der Waals surface area contributed by atoms with Gasteiger partial charge in [0.05, 0.1) is 5.02 Å². The molecule has 1 aromatic heterocycles. The van der Waals surface area contributed by atoms with Crippen LogP contribution in [0.2, 0.25) is 5.02 Å². The lowest BCUT2D eigenvalue weighted by Gasteiger charge is -2.14. The van der Waals surface area contributed by atoms with Crippen LogP contribution in [0.3, 0.4) is 0 Å². The maximum atomic E-state index is 6.04. The second-order valence-electron chi connectivity index (χ2n) is 3.14. The van der Waals surface area contributed by atoms with Gasteiger partial charge in [0, 0.05) is 10.9 Å². The topological polar surface area (TPSA) is 12.0 Å². The summed E-state index contributed by atoms with van der Waals surface area (Å²) in [7, 11) is 1.95. The van der Waals surface area contributed by atoms with E-state index in [1.165, 1.54) is 10.5 Å². The van der Waals surface area contributed by atoms with Crippen molar-refractivity contribution >= 4 is 22.9 Å². The van der Waals surface area contributed by atoms with E-state index in [0.29, 0.717) is 6.04 Å². The zero-order valence-corrected chi connectivity index (χ0v) is 9.50. The highest BCUT2D eigenvalue weighted by molar-refractivity contribution is 7.10. The first-order valence-corrected chi connectivity index (χ1v) is 5.45. The van der Waals surface area contributed by atoms with Crippen LogP contribution in [0.1, 0.15) is 24.3 Å². The second kappa shape index (κ2) is 4.80. The van der Waals surface area contributed by atoms with Crippen LogP contribution in [-0.4, -0.2) is 7.05 Å². The Labute approximate surface area is 88.4 Å². The summed E-state index contributed by atoms with van der Waals surface area (Å²) < 4.78 is 0. The first kappa shape index (κ1) is 10.8. The molecule has 3 heteroatoms. The summed E-state index contributed by atoms with van der Waals surface area (Å²) in [5.74, 6) is 0. The molecule has 1 heterocycles. The van der Waals surface area contributed by atoms with E-state index in [0.717, 1.165) is 11.4 Å². The highest BCUT2D eigenvalue weighted by Crippen LogP contribution is 2.31. The molecule has 0 spiro atoms. The first-order valence-electron chi connectivity index (χ1n) is 4.19. The van der Waals surface area contributed by atoms with Gasteiger partial charge in [0.15, 0.2) is 0 Å². The Morgan fingerprint density at radius 1 is 1.77 bits per heavy atom. The summed E-state index contributed by atoms with van der Waals surface area (Å²) in [6, 6.07) is 2.25. The fraction of sp³-hybridized carbons (Fsp3) is 0.400. The lowest BCUT2D eigenvalue weighted by molar-refractivity contribution is 0.600. The van der Waals surface area contributed by atoms with Crippen molar-refractivity contribution in [2.75, 3.05) is 7.05 Å². The van der Waals surface area contributed by atoms with E-state index < -0.39 is 0 Å². The van der Waals surface area contributed by atoms with Crippen LogP contribution in [0.5, 0.6) is 0 Å². The molecular formula is C10H14ClNS. The largest absolute Gasteiger partial charge is 0.312 e. The van der Waals surface area contributed by atoms with Crippen LogP contribution < -0.4 is 5.32 Å². The smallest absolute Gasteiger partial charge is 0.0561 e. The molecule has 0 saturated carbocycles. The number of rotatable bonds is 4. The van der Waals surface area contributed by atoms with Gasteiger partial charge >= 0.3 is 0 Å². The van der Waals surface area contributed by atoms with Gasteiger partial charge in [-0.3, -0.25) is 0 Å². The standard InChI is InChI=1S/C10H14ClNS/c1-7(2)6-9(12-3)10-8(11)4-5-13-10/h4-5,9,12H,1,6H2,2-3H3. The number of nitrogens with one attached hydrogen (secondary N) is 1. The predicted molar refractivity (Wildman–Crippen MR) is 60.6 cm³/mol. The molecule has 0 bridgehead atoms. The molecule has 1 rings (SSSR count). The molecule has 0 saturated heterocycles. The van der Waals surface area contributed by atoms with Crippen LogP contribution in [0.4, 0.5) is 0 Å². The average Bonchev–Trinajstić information content (AvgIpc) is 2.47. The summed E-state index contributed by atoms with van der Waals surface area (Å²) >= 11 is 7.73. The maximum absolute atomic E-state index is 6.04. The third kappa shape index (κ3) is 2.83. The van der Waals surface area contributed by atoms with E-state index in [1.807, 2.05) is 25.4 Å². The van der Waals surface area contributed by atoms with Gasteiger partial charge in [0.2, 0.25) is 0 Å². The van der Waals surface area contributed by atoms with Crippen molar-refractivity contribution in [3.8, 4) is 0 Å². The zero-order valence-electron chi connectivity index (χ0n) is 7.93. The normalized spacial score (nSPS) is 12.8. The van der Waals surface area contributed by atoms with E-state index >= 15 is 0 Å². The lowest BCUT2D eigenvalue weighted by atomic mass is 10.1. The molecule has 13 heavy (non-hydrogen) atoms. The van der Waals surface area contributed by atoms with Gasteiger partial charge in [0.25, 0.3) is 0 Å². The Bertz CT molecular complexity index is 293. The molecule has 0 aliphatic rings. The number of hydrogen-bond donors (Lipinski definition) is 1. The van der Waals surface area contributed by atoms with Crippen molar-refractivity contribution in [1.29, 1.82) is 0 Å². The third-order valence-electron chi connectivity index (χ3n) is 1.86. The van der Waals surface area contributed by atoms with Gasteiger partial charge in [-0.1, -0.05) is 17.2 Å². The molecule has 0 aliphatic carbocycles. The third-order valence-corrected chi connectivity index (χ3v) is 3.33. The van der Waals surface area contributed by atoms with Crippen molar-refractivity contribution in [3.63, 3.8) is 0 Å². The van der Waals surface area contributed by atoms with E-state index in [2.05, 4.69) is 11.9 Å². The highest BCUT2D eigenvalue weighted by Gasteiger charge is 2.13. The van der Waals surface area contributed by atoms with Gasteiger partial charge in [-0.05, 0) is 31.8 Å².